The van der Waals surface area contributed by atoms with Gasteiger partial charge in [0.25, 0.3) is 0 Å². The third-order valence-corrected chi connectivity index (χ3v) is 3.95. The molecule has 1 N–H and O–H groups in total. The third-order valence-electron chi connectivity index (χ3n) is 3.95. The van der Waals surface area contributed by atoms with Crippen molar-refractivity contribution in [1.29, 1.82) is 0 Å². The molecule has 1 aromatic rings. The van der Waals surface area contributed by atoms with E-state index in [1.54, 1.807) is 0 Å². The van der Waals surface area contributed by atoms with Crippen LogP contribution in [0.3, 0.4) is 0 Å². The Balaban J connectivity index is 1.71. The van der Waals surface area contributed by atoms with E-state index in [1.165, 1.54) is 5.56 Å². The predicted molar refractivity (Wildman–Crippen MR) is 98.9 cm³/mol. The molecule has 1 atom stereocenters. The molecule has 0 spiro atoms. The van der Waals surface area contributed by atoms with Crippen LogP contribution in [0.1, 0.15) is 45.6 Å². The number of benzene rings is 1. The quantitative estimate of drug-likeness (QED) is 0.884. The van der Waals surface area contributed by atoms with Crippen molar-refractivity contribution in [2.75, 3.05) is 19.6 Å². The Bertz CT molecular complexity index is 534. The minimum absolute atomic E-state index is 0.187. The normalized spacial score (nSPS) is 19.4. The van der Waals surface area contributed by atoms with Crippen molar-refractivity contribution >= 4 is 12.2 Å². The molecule has 132 valence electrons. The van der Waals surface area contributed by atoms with E-state index in [2.05, 4.69) is 46.6 Å². The van der Waals surface area contributed by atoms with Crippen molar-refractivity contribution in [3.05, 3.63) is 42.0 Å². The topological polar surface area (TPSA) is 41.6 Å². The molecular weight excluding hydrogens is 300 g/mol. The van der Waals surface area contributed by atoms with Gasteiger partial charge in [-0.25, -0.2) is 4.79 Å². The number of nitrogens with one attached hydrogen (secondary N) is 1. The molecule has 24 heavy (non-hydrogen) atoms. The molecule has 1 heterocycles. The summed E-state index contributed by atoms with van der Waals surface area (Å²) in [6.07, 6.45) is 7.24. The van der Waals surface area contributed by atoms with Gasteiger partial charge in [-0.05, 0) is 52.1 Å². The van der Waals surface area contributed by atoms with Gasteiger partial charge >= 0.3 is 6.09 Å². The number of carbonyl (C=O) groups is 1. The van der Waals surface area contributed by atoms with Crippen LogP contribution in [0.4, 0.5) is 4.79 Å². The van der Waals surface area contributed by atoms with Crippen LogP contribution in [0.25, 0.3) is 6.08 Å². The standard InChI is InChI=1S/C20H30N2O2/c1-20(2,3)24-19(23)21-18-13-9-15-22(16-18)14-8-7-12-17-10-5-4-6-11-17/h4-7,10-12,18H,8-9,13-16H2,1-3H3,(H,21,23). The lowest BCUT2D eigenvalue weighted by Crippen LogP contribution is -2.49. The first-order valence-electron chi connectivity index (χ1n) is 8.86. The number of nitrogens with zero attached hydrogens (tertiary/aromatic N) is 1. The van der Waals surface area contributed by atoms with Crippen LogP contribution in [0, 0.1) is 0 Å². The Labute approximate surface area is 145 Å². The lowest BCUT2D eigenvalue weighted by atomic mass is 10.1. The van der Waals surface area contributed by atoms with Crippen molar-refractivity contribution in [1.82, 2.24) is 10.2 Å². The molecule has 2 rings (SSSR count). The molecule has 1 aromatic carbocycles. The number of hydrogen-bond donors (Lipinski definition) is 1. The molecule has 0 radical (unpaired) electrons. The largest absolute Gasteiger partial charge is 0.444 e. The summed E-state index contributed by atoms with van der Waals surface area (Å²) in [6, 6.07) is 10.5. The first-order chi connectivity index (χ1) is 11.4. The van der Waals surface area contributed by atoms with Crippen LogP contribution in [0.5, 0.6) is 0 Å². The van der Waals surface area contributed by atoms with Crippen LogP contribution in [-0.2, 0) is 4.74 Å². The molecular formula is C20H30N2O2. The third kappa shape index (κ3) is 7.18. The molecule has 0 bridgehead atoms. The molecule has 0 saturated carbocycles. The van der Waals surface area contributed by atoms with Gasteiger partial charge in [-0.2, -0.15) is 0 Å². The first-order valence-corrected chi connectivity index (χ1v) is 8.86. The molecule has 4 heteroatoms. The maximum absolute atomic E-state index is 11.9. The zero-order chi connectivity index (χ0) is 17.4. The van der Waals surface area contributed by atoms with Gasteiger partial charge in [-0.1, -0.05) is 42.5 Å². The lowest BCUT2D eigenvalue weighted by molar-refractivity contribution is 0.0473. The molecule has 1 amide bonds. The number of alkyl carbamates (subject to hydrolysis) is 1. The smallest absolute Gasteiger partial charge is 0.407 e. The summed E-state index contributed by atoms with van der Waals surface area (Å²) in [5.41, 5.74) is 0.793. The van der Waals surface area contributed by atoms with Gasteiger partial charge in [0, 0.05) is 19.1 Å². The van der Waals surface area contributed by atoms with Crippen molar-refractivity contribution in [3.63, 3.8) is 0 Å². The maximum Gasteiger partial charge on any atom is 0.407 e. The van der Waals surface area contributed by atoms with Gasteiger partial charge in [0.15, 0.2) is 0 Å². The van der Waals surface area contributed by atoms with Crippen molar-refractivity contribution in [2.24, 2.45) is 0 Å². The van der Waals surface area contributed by atoms with E-state index < -0.39 is 5.60 Å². The highest BCUT2D eigenvalue weighted by molar-refractivity contribution is 5.68. The summed E-state index contributed by atoms with van der Waals surface area (Å²) in [6.45, 7) is 8.69. The summed E-state index contributed by atoms with van der Waals surface area (Å²) in [4.78, 5) is 14.3. The second-order valence-corrected chi connectivity index (χ2v) is 7.39. The van der Waals surface area contributed by atoms with Crippen LogP contribution in [-0.4, -0.2) is 42.3 Å². The van der Waals surface area contributed by atoms with Crippen molar-refractivity contribution < 1.29 is 9.53 Å². The second kappa shape index (κ2) is 8.88. The van der Waals surface area contributed by atoms with Crippen molar-refractivity contribution in [2.45, 2.75) is 51.7 Å². The number of rotatable bonds is 5. The molecule has 1 saturated heterocycles. The first kappa shape index (κ1) is 18.5. The molecule has 4 nitrogen and oxygen atoms in total. The van der Waals surface area contributed by atoms with Gasteiger partial charge in [0.05, 0.1) is 0 Å². The molecule has 1 aliphatic rings. The van der Waals surface area contributed by atoms with Crippen LogP contribution in [0.15, 0.2) is 36.4 Å². The molecule has 1 fully saturated rings. The van der Waals surface area contributed by atoms with Gasteiger partial charge in [0.1, 0.15) is 5.60 Å². The van der Waals surface area contributed by atoms with E-state index in [1.807, 2.05) is 26.8 Å². The molecule has 0 aromatic heterocycles. The fourth-order valence-electron chi connectivity index (χ4n) is 2.89. The Morgan fingerprint density at radius 2 is 2.08 bits per heavy atom. The number of piperidine rings is 1. The average molecular weight is 330 g/mol. The molecule has 0 aliphatic carbocycles. The highest BCUT2D eigenvalue weighted by Crippen LogP contribution is 2.13. The molecule has 1 aliphatic heterocycles. The number of amides is 1. The number of ether oxygens (including phenoxy) is 1. The second-order valence-electron chi connectivity index (χ2n) is 7.39. The van der Waals surface area contributed by atoms with Gasteiger partial charge in [-0.3, -0.25) is 0 Å². The summed E-state index contributed by atoms with van der Waals surface area (Å²) < 4.78 is 5.34. The van der Waals surface area contributed by atoms with Gasteiger partial charge < -0.3 is 15.0 Å². The lowest BCUT2D eigenvalue weighted by Gasteiger charge is -2.33. The Morgan fingerprint density at radius 3 is 2.79 bits per heavy atom. The number of hydrogen-bond acceptors (Lipinski definition) is 3. The average Bonchev–Trinajstić information content (AvgIpc) is 2.51. The summed E-state index contributed by atoms with van der Waals surface area (Å²) in [5, 5.41) is 3.00. The minimum atomic E-state index is -0.444. The zero-order valence-electron chi connectivity index (χ0n) is 15.1. The van der Waals surface area contributed by atoms with Gasteiger partial charge in [-0.15, -0.1) is 0 Å². The SMILES string of the molecule is CC(C)(C)OC(=O)NC1CCCN(CCC=Cc2ccccc2)C1. The summed E-state index contributed by atoms with van der Waals surface area (Å²) in [7, 11) is 0. The summed E-state index contributed by atoms with van der Waals surface area (Å²) >= 11 is 0. The van der Waals surface area contributed by atoms with E-state index in [9.17, 15) is 4.79 Å². The number of likely N-dealkylation sites (tertiary alicyclic amines) is 1. The monoisotopic (exact) mass is 330 g/mol. The highest BCUT2D eigenvalue weighted by atomic mass is 16.6. The van der Waals surface area contributed by atoms with Crippen LogP contribution < -0.4 is 5.32 Å². The van der Waals surface area contributed by atoms with E-state index in [0.717, 1.165) is 38.9 Å². The Hall–Kier alpha value is -1.81. The number of carbonyl (C=O) groups excluding carboxylic acids is 1. The summed E-state index contributed by atoms with van der Waals surface area (Å²) in [5.74, 6) is 0. The Kier molecular flexibility index (Phi) is 6.85. The van der Waals surface area contributed by atoms with Gasteiger partial charge in [0.2, 0.25) is 0 Å². The minimum Gasteiger partial charge on any atom is -0.444 e. The van der Waals surface area contributed by atoms with Crippen molar-refractivity contribution in [3.8, 4) is 0 Å². The van der Waals surface area contributed by atoms with E-state index in [-0.39, 0.29) is 12.1 Å². The molecule has 1 unspecified atom stereocenters. The fourth-order valence-corrected chi connectivity index (χ4v) is 2.89. The van der Waals surface area contributed by atoms with E-state index >= 15 is 0 Å². The Morgan fingerprint density at radius 1 is 1.33 bits per heavy atom. The fraction of sp³-hybridized carbons (Fsp3) is 0.550. The predicted octanol–water partition coefficient (Wildman–Crippen LogP) is 4.08. The van der Waals surface area contributed by atoms with Crippen LogP contribution >= 0.6 is 0 Å². The zero-order valence-corrected chi connectivity index (χ0v) is 15.1. The van der Waals surface area contributed by atoms with E-state index in [4.69, 9.17) is 4.74 Å². The highest BCUT2D eigenvalue weighted by Gasteiger charge is 2.23. The maximum atomic E-state index is 11.9. The van der Waals surface area contributed by atoms with E-state index in [0.29, 0.717) is 0 Å². The van der Waals surface area contributed by atoms with Crippen LogP contribution in [0.2, 0.25) is 0 Å².